The van der Waals surface area contributed by atoms with Crippen molar-refractivity contribution in [3.8, 4) is 0 Å². The molecule has 0 heterocycles. The van der Waals surface area contributed by atoms with Crippen molar-refractivity contribution in [1.29, 1.82) is 0 Å². The van der Waals surface area contributed by atoms with E-state index in [1.807, 2.05) is 0 Å². The highest BCUT2D eigenvalue weighted by Crippen LogP contribution is 2.37. The third-order valence-electron chi connectivity index (χ3n) is 8.94. The van der Waals surface area contributed by atoms with Crippen LogP contribution < -0.4 is 0 Å². The van der Waals surface area contributed by atoms with Gasteiger partial charge in [0.1, 0.15) is 0 Å². The largest absolute Gasteiger partial charge is 0.203 e. The van der Waals surface area contributed by atoms with E-state index < -0.39 is 11.6 Å². The number of aryl methyl sites for hydroxylation is 4. The van der Waals surface area contributed by atoms with Crippen LogP contribution in [0.3, 0.4) is 0 Å². The Hall–Kier alpha value is -2.22. The predicted molar refractivity (Wildman–Crippen MR) is 153 cm³/mol. The number of rotatable bonds is 10. The quantitative estimate of drug-likeness (QED) is 0.223. The second kappa shape index (κ2) is 13.5. The van der Waals surface area contributed by atoms with Gasteiger partial charge in [0.05, 0.1) is 0 Å². The van der Waals surface area contributed by atoms with Gasteiger partial charge in [0, 0.05) is 0 Å². The molecular formula is C35H46F2. The van der Waals surface area contributed by atoms with Crippen LogP contribution in [0.4, 0.5) is 8.78 Å². The van der Waals surface area contributed by atoms with Gasteiger partial charge < -0.3 is 0 Å². The first-order valence-corrected chi connectivity index (χ1v) is 14.8. The fourth-order valence-corrected chi connectivity index (χ4v) is 6.30. The molecule has 2 aromatic rings. The van der Waals surface area contributed by atoms with Crippen molar-refractivity contribution in [3.63, 3.8) is 0 Å². The van der Waals surface area contributed by atoms with Crippen molar-refractivity contribution in [2.75, 3.05) is 0 Å². The monoisotopic (exact) mass is 504 g/mol. The van der Waals surface area contributed by atoms with Crippen molar-refractivity contribution in [1.82, 2.24) is 0 Å². The summed E-state index contributed by atoms with van der Waals surface area (Å²) in [5.74, 6) is 1.41. The van der Waals surface area contributed by atoms with Gasteiger partial charge in [-0.05, 0) is 123 Å². The summed E-state index contributed by atoms with van der Waals surface area (Å²) in [5.41, 5.74) is 4.77. The Kier molecular flexibility index (Phi) is 10.2. The summed E-state index contributed by atoms with van der Waals surface area (Å²) in [6.07, 6.45) is 24.4. The highest BCUT2D eigenvalue weighted by molar-refractivity contribution is 5.34. The van der Waals surface area contributed by atoms with Gasteiger partial charge >= 0.3 is 0 Å². The lowest BCUT2D eigenvalue weighted by Crippen LogP contribution is -2.13. The standard InChI is InChI=1S/C35H46F2/c1-4-5-6-7-27-9-11-28(12-10-27)13-14-29-15-18-31(19-16-29)33-23-21-30(26(3)24-33)20-22-32-17-8-25(2)34(36)35(32)37/h8-9,11,13-14,17,21,23-24,27-29,31H,4-7,10,12,15-16,18-20,22H2,1-3H3/b14-13+. The molecule has 2 aliphatic carbocycles. The summed E-state index contributed by atoms with van der Waals surface area (Å²) in [6.45, 7) is 6.05. The molecule has 0 saturated heterocycles. The van der Waals surface area contributed by atoms with E-state index in [4.69, 9.17) is 0 Å². The molecule has 0 aromatic heterocycles. The minimum absolute atomic E-state index is 0.365. The van der Waals surface area contributed by atoms with Gasteiger partial charge in [0.15, 0.2) is 11.6 Å². The highest BCUT2D eigenvalue weighted by Gasteiger charge is 2.22. The van der Waals surface area contributed by atoms with E-state index in [9.17, 15) is 8.78 Å². The summed E-state index contributed by atoms with van der Waals surface area (Å²) >= 11 is 0. The maximum atomic E-state index is 14.2. The van der Waals surface area contributed by atoms with E-state index in [-0.39, 0.29) is 0 Å². The molecule has 0 nitrogen and oxygen atoms in total. The van der Waals surface area contributed by atoms with Crippen LogP contribution in [0.5, 0.6) is 0 Å². The first-order chi connectivity index (χ1) is 17.9. The van der Waals surface area contributed by atoms with Crippen LogP contribution in [0.1, 0.15) is 105 Å². The number of unbranched alkanes of at least 4 members (excludes halogenated alkanes) is 2. The molecule has 2 heteroatoms. The van der Waals surface area contributed by atoms with Crippen molar-refractivity contribution in [2.45, 2.75) is 104 Å². The molecule has 4 rings (SSSR count). The van der Waals surface area contributed by atoms with Crippen molar-refractivity contribution < 1.29 is 8.78 Å². The average molecular weight is 505 g/mol. The molecule has 2 unspecified atom stereocenters. The molecule has 0 amide bonds. The Labute approximate surface area is 224 Å². The normalized spacial score (nSPS) is 24.1. The van der Waals surface area contributed by atoms with Crippen molar-refractivity contribution in [3.05, 3.63) is 94.1 Å². The lowest BCUT2D eigenvalue weighted by molar-refractivity contribution is 0.374. The Morgan fingerprint density at radius 1 is 0.757 bits per heavy atom. The summed E-state index contributed by atoms with van der Waals surface area (Å²) < 4.78 is 28.2. The molecule has 0 radical (unpaired) electrons. The Balaban J connectivity index is 1.24. The van der Waals surface area contributed by atoms with E-state index in [2.05, 4.69) is 56.4 Å². The van der Waals surface area contributed by atoms with Crippen LogP contribution in [0, 0.1) is 43.2 Å². The lowest BCUT2D eigenvalue weighted by Gasteiger charge is -2.28. The van der Waals surface area contributed by atoms with E-state index in [0.29, 0.717) is 29.4 Å². The van der Waals surface area contributed by atoms with Gasteiger partial charge in [-0.25, -0.2) is 8.78 Å². The Morgan fingerprint density at radius 3 is 2.22 bits per heavy atom. The van der Waals surface area contributed by atoms with Crippen LogP contribution in [0.2, 0.25) is 0 Å². The summed E-state index contributed by atoms with van der Waals surface area (Å²) in [6, 6.07) is 10.2. The van der Waals surface area contributed by atoms with Gasteiger partial charge in [0.25, 0.3) is 0 Å². The molecule has 1 fully saturated rings. The highest BCUT2D eigenvalue weighted by atomic mass is 19.2. The summed E-state index contributed by atoms with van der Waals surface area (Å²) in [4.78, 5) is 0. The third kappa shape index (κ3) is 7.65. The number of allylic oxidation sites excluding steroid dienone is 4. The molecule has 0 spiro atoms. The van der Waals surface area contributed by atoms with E-state index in [1.54, 1.807) is 19.1 Å². The van der Waals surface area contributed by atoms with Crippen LogP contribution in [0.15, 0.2) is 54.6 Å². The third-order valence-corrected chi connectivity index (χ3v) is 8.94. The number of hydrogen-bond donors (Lipinski definition) is 0. The summed E-state index contributed by atoms with van der Waals surface area (Å²) in [5, 5.41) is 0. The van der Waals surface area contributed by atoms with Crippen molar-refractivity contribution in [2.24, 2.45) is 17.8 Å². The molecule has 1 saturated carbocycles. The van der Waals surface area contributed by atoms with E-state index in [0.717, 1.165) is 18.3 Å². The molecule has 2 aliphatic rings. The van der Waals surface area contributed by atoms with E-state index in [1.165, 1.54) is 80.9 Å². The maximum absolute atomic E-state index is 14.2. The molecule has 200 valence electrons. The van der Waals surface area contributed by atoms with Gasteiger partial charge in [-0.1, -0.05) is 80.8 Å². The minimum Gasteiger partial charge on any atom is -0.203 e. The van der Waals surface area contributed by atoms with Crippen LogP contribution in [-0.2, 0) is 12.8 Å². The molecule has 0 bridgehead atoms. The lowest BCUT2D eigenvalue weighted by atomic mass is 9.77. The van der Waals surface area contributed by atoms with Crippen molar-refractivity contribution >= 4 is 0 Å². The first kappa shape index (κ1) is 27.8. The van der Waals surface area contributed by atoms with Gasteiger partial charge in [-0.3, -0.25) is 0 Å². The molecule has 0 aliphatic heterocycles. The Morgan fingerprint density at radius 2 is 1.51 bits per heavy atom. The molecule has 2 aromatic carbocycles. The zero-order chi connectivity index (χ0) is 26.2. The molecular weight excluding hydrogens is 458 g/mol. The van der Waals surface area contributed by atoms with Crippen LogP contribution >= 0.6 is 0 Å². The van der Waals surface area contributed by atoms with Crippen LogP contribution in [-0.4, -0.2) is 0 Å². The number of benzene rings is 2. The SMILES string of the molecule is CCCCCC1C=CC(/C=C/C2CCC(c3ccc(CCc4ccc(C)c(F)c4F)c(C)c3)CC2)CC1. The zero-order valence-corrected chi connectivity index (χ0v) is 23.2. The molecule has 2 atom stereocenters. The maximum Gasteiger partial charge on any atom is 0.162 e. The predicted octanol–water partition coefficient (Wildman–Crippen LogP) is 10.4. The number of halogens is 2. The van der Waals surface area contributed by atoms with Gasteiger partial charge in [0.2, 0.25) is 0 Å². The second-order valence-electron chi connectivity index (χ2n) is 11.7. The zero-order valence-electron chi connectivity index (χ0n) is 23.2. The molecule has 0 N–H and O–H groups in total. The van der Waals surface area contributed by atoms with Gasteiger partial charge in [-0.2, -0.15) is 0 Å². The second-order valence-corrected chi connectivity index (χ2v) is 11.7. The molecule has 37 heavy (non-hydrogen) atoms. The average Bonchev–Trinajstić information content (AvgIpc) is 2.92. The number of hydrogen-bond acceptors (Lipinski definition) is 0. The van der Waals surface area contributed by atoms with E-state index >= 15 is 0 Å². The Bertz CT molecular complexity index is 1070. The first-order valence-electron chi connectivity index (χ1n) is 14.8. The smallest absolute Gasteiger partial charge is 0.162 e. The fourth-order valence-electron chi connectivity index (χ4n) is 6.30. The summed E-state index contributed by atoms with van der Waals surface area (Å²) in [7, 11) is 0. The van der Waals surface area contributed by atoms with Gasteiger partial charge in [-0.15, -0.1) is 0 Å². The fraction of sp³-hybridized carbons (Fsp3) is 0.543. The van der Waals surface area contributed by atoms with Crippen LogP contribution in [0.25, 0.3) is 0 Å². The minimum atomic E-state index is -0.711. The topological polar surface area (TPSA) is 0 Å².